The van der Waals surface area contributed by atoms with Crippen LogP contribution in [0.5, 0.6) is 0 Å². The maximum atomic E-state index is 13.5. The summed E-state index contributed by atoms with van der Waals surface area (Å²) in [5.74, 6) is -0.234. The van der Waals surface area contributed by atoms with Crippen LogP contribution >= 0.6 is 0 Å². The van der Waals surface area contributed by atoms with Gasteiger partial charge >= 0.3 is 0 Å². The van der Waals surface area contributed by atoms with Gasteiger partial charge in [0.25, 0.3) is 0 Å². The molecule has 1 aliphatic heterocycles. The van der Waals surface area contributed by atoms with Gasteiger partial charge < -0.3 is 20.4 Å². The van der Waals surface area contributed by atoms with Crippen molar-refractivity contribution in [3.63, 3.8) is 0 Å². The van der Waals surface area contributed by atoms with E-state index in [1.165, 1.54) is 31.2 Å². The lowest BCUT2D eigenvalue weighted by Crippen LogP contribution is -2.27. The van der Waals surface area contributed by atoms with Crippen LogP contribution in [0.1, 0.15) is 61.6 Å². The average molecular weight is 497 g/mol. The summed E-state index contributed by atoms with van der Waals surface area (Å²) >= 11 is 0. The van der Waals surface area contributed by atoms with Gasteiger partial charge in [0.1, 0.15) is 11.2 Å². The van der Waals surface area contributed by atoms with Crippen molar-refractivity contribution in [2.45, 2.75) is 64.5 Å². The van der Waals surface area contributed by atoms with Crippen LogP contribution in [0.3, 0.4) is 0 Å². The Bertz CT molecular complexity index is 1420. The Labute approximate surface area is 216 Å². The number of nitrogens with zero attached hydrogens (tertiary/aromatic N) is 1. The Morgan fingerprint density at radius 2 is 2.00 bits per heavy atom. The number of nitrogens with one attached hydrogen (secondary N) is 3. The van der Waals surface area contributed by atoms with Crippen LogP contribution in [0.4, 0.5) is 5.69 Å². The molecule has 190 valence electrons. The molecule has 2 aromatic heterocycles. The largest absolute Gasteiger partial charge is 0.436 e. The first kappa shape index (κ1) is 23.7. The molecule has 0 amide bonds. The van der Waals surface area contributed by atoms with E-state index in [0.29, 0.717) is 6.04 Å². The second-order valence-electron chi connectivity index (χ2n) is 10.4. The van der Waals surface area contributed by atoms with Crippen molar-refractivity contribution in [3.05, 3.63) is 76.6 Å². The zero-order valence-electron chi connectivity index (χ0n) is 21.1. The smallest absolute Gasteiger partial charge is 0.237 e. The molecule has 0 radical (unpaired) electrons. The van der Waals surface area contributed by atoms with Crippen molar-refractivity contribution < 1.29 is 14.3 Å². The molecule has 3 aliphatic rings. The van der Waals surface area contributed by atoms with Gasteiger partial charge in [0, 0.05) is 47.5 Å². The first-order valence-corrected chi connectivity index (χ1v) is 13.3. The molecule has 2 saturated carbocycles. The molecule has 3 heterocycles. The highest BCUT2D eigenvalue weighted by molar-refractivity contribution is 6.29. The zero-order chi connectivity index (χ0) is 25.4. The van der Waals surface area contributed by atoms with E-state index in [4.69, 9.17) is 4.74 Å². The van der Waals surface area contributed by atoms with E-state index in [1.807, 2.05) is 25.1 Å². The number of aromatic nitrogens is 2. The average Bonchev–Trinajstić information content (AvgIpc) is 3.59. The van der Waals surface area contributed by atoms with Crippen LogP contribution in [0.15, 0.2) is 59.9 Å². The van der Waals surface area contributed by atoms with Crippen LogP contribution < -0.4 is 10.6 Å². The van der Waals surface area contributed by atoms with Gasteiger partial charge in [0.05, 0.1) is 0 Å². The summed E-state index contributed by atoms with van der Waals surface area (Å²) in [6.45, 7) is 2.86. The fraction of sp³-hybridized carbons (Fsp3) is 0.367. The Morgan fingerprint density at radius 1 is 1.16 bits per heavy atom. The number of carbonyl (C=O) groups is 2. The predicted molar refractivity (Wildman–Crippen MR) is 143 cm³/mol. The van der Waals surface area contributed by atoms with E-state index in [0.717, 1.165) is 53.7 Å². The van der Waals surface area contributed by atoms with Gasteiger partial charge in [-0.3, -0.25) is 9.59 Å². The predicted octanol–water partition coefficient (Wildman–Crippen LogP) is 5.54. The number of carbonyl (C=O) groups excluding carboxylic acids is 2. The standard InChI is InChI=1S/C30H32N4O3/c1-18-14-19(16-32-22-8-2-3-9-22)11-12-24(18)34-30-26(27(35)20-6-4-7-20)28(36)25(37-30)15-21-17-33-29-23(21)10-5-13-31-29/h5,10-15,17,20,22,32,34H,2-4,6-9,16H2,1H3,(H,31,33)/b25-15-. The fourth-order valence-corrected chi connectivity index (χ4v) is 5.44. The topological polar surface area (TPSA) is 96.1 Å². The van der Waals surface area contributed by atoms with E-state index in [2.05, 4.69) is 32.7 Å². The lowest BCUT2D eigenvalue weighted by Gasteiger charge is -2.23. The summed E-state index contributed by atoms with van der Waals surface area (Å²) in [7, 11) is 0. The fourth-order valence-electron chi connectivity index (χ4n) is 5.44. The Balaban J connectivity index is 1.26. The highest BCUT2D eigenvalue weighted by atomic mass is 16.5. The molecule has 7 heteroatoms. The zero-order valence-corrected chi connectivity index (χ0v) is 21.1. The van der Waals surface area contributed by atoms with Crippen LogP contribution in [0, 0.1) is 12.8 Å². The molecule has 6 rings (SSSR count). The van der Waals surface area contributed by atoms with Crippen molar-refractivity contribution in [2.75, 3.05) is 5.32 Å². The summed E-state index contributed by atoms with van der Waals surface area (Å²) in [5.41, 5.74) is 4.72. The normalized spacial score (nSPS) is 19.6. The van der Waals surface area contributed by atoms with Crippen LogP contribution in [-0.4, -0.2) is 27.6 Å². The number of Topliss-reactive ketones (excluding diaryl/α,β-unsaturated/α-hetero) is 2. The van der Waals surface area contributed by atoms with E-state index in [1.54, 1.807) is 18.5 Å². The number of anilines is 1. The summed E-state index contributed by atoms with van der Waals surface area (Å²) < 4.78 is 6.07. The second-order valence-corrected chi connectivity index (χ2v) is 10.4. The molecular weight excluding hydrogens is 464 g/mol. The van der Waals surface area contributed by atoms with Gasteiger partial charge in [-0.25, -0.2) is 4.98 Å². The Kier molecular flexibility index (Phi) is 6.38. The van der Waals surface area contributed by atoms with Gasteiger partial charge in [-0.05, 0) is 68.0 Å². The first-order valence-electron chi connectivity index (χ1n) is 13.3. The molecule has 0 spiro atoms. The number of fused-ring (bicyclic) bond motifs is 1. The maximum Gasteiger partial charge on any atom is 0.237 e. The minimum Gasteiger partial charge on any atom is -0.436 e. The van der Waals surface area contributed by atoms with E-state index < -0.39 is 0 Å². The van der Waals surface area contributed by atoms with Crippen LogP contribution in [0.25, 0.3) is 17.1 Å². The van der Waals surface area contributed by atoms with E-state index in [-0.39, 0.29) is 34.7 Å². The number of rotatable bonds is 8. The third-order valence-corrected chi connectivity index (χ3v) is 7.87. The molecular formula is C30H32N4O3. The third-order valence-electron chi connectivity index (χ3n) is 7.87. The number of aryl methyl sites for hydroxylation is 1. The monoisotopic (exact) mass is 496 g/mol. The van der Waals surface area contributed by atoms with Crippen molar-refractivity contribution >= 4 is 34.4 Å². The number of pyridine rings is 1. The van der Waals surface area contributed by atoms with Gasteiger partial charge in [-0.1, -0.05) is 31.4 Å². The summed E-state index contributed by atoms with van der Waals surface area (Å²) in [4.78, 5) is 34.2. The first-order chi connectivity index (χ1) is 18.1. The quantitative estimate of drug-likeness (QED) is 0.280. The summed E-state index contributed by atoms with van der Waals surface area (Å²) in [6.07, 6.45) is 13.0. The summed E-state index contributed by atoms with van der Waals surface area (Å²) in [6, 6.07) is 10.6. The summed E-state index contributed by atoms with van der Waals surface area (Å²) in [5, 5.41) is 7.82. The van der Waals surface area contributed by atoms with E-state index in [9.17, 15) is 9.59 Å². The molecule has 2 fully saturated rings. The molecule has 7 nitrogen and oxygen atoms in total. The Hall–Kier alpha value is -3.71. The highest BCUT2D eigenvalue weighted by Crippen LogP contribution is 2.36. The minimum atomic E-state index is -0.368. The molecule has 2 aliphatic carbocycles. The molecule has 3 aromatic rings. The molecule has 0 saturated heterocycles. The van der Waals surface area contributed by atoms with Crippen molar-refractivity contribution in [1.29, 1.82) is 0 Å². The number of aromatic amines is 1. The maximum absolute atomic E-state index is 13.5. The second kappa shape index (κ2) is 9.98. The van der Waals surface area contributed by atoms with Gasteiger partial charge in [0.15, 0.2) is 11.5 Å². The van der Waals surface area contributed by atoms with Crippen molar-refractivity contribution in [1.82, 2.24) is 15.3 Å². The Morgan fingerprint density at radius 3 is 2.76 bits per heavy atom. The van der Waals surface area contributed by atoms with Gasteiger partial charge in [-0.15, -0.1) is 0 Å². The van der Waals surface area contributed by atoms with Crippen LogP contribution in [-0.2, 0) is 20.9 Å². The lowest BCUT2D eigenvalue weighted by molar-refractivity contribution is -0.124. The number of benzene rings is 1. The van der Waals surface area contributed by atoms with Crippen LogP contribution in [0.2, 0.25) is 0 Å². The van der Waals surface area contributed by atoms with Crippen molar-refractivity contribution in [3.8, 4) is 0 Å². The number of ketones is 2. The lowest BCUT2D eigenvalue weighted by atomic mass is 9.79. The number of allylic oxidation sites excluding steroid dienone is 1. The van der Waals surface area contributed by atoms with E-state index >= 15 is 0 Å². The molecule has 1 aromatic carbocycles. The highest BCUT2D eigenvalue weighted by Gasteiger charge is 2.40. The molecule has 0 bridgehead atoms. The van der Waals surface area contributed by atoms with Crippen molar-refractivity contribution in [2.24, 2.45) is 5.92 Å². The van der Waals surface area contributed by atoms with Gasteiger partial charge in [0.2, 0.25) is 11.7 Å². The number of hydrogen-bond acceptors (Lipinski definition) is 6. The third kappa shape index (κ3) is 4.71. The molecule has 3 N–H and O–H groups in total. The van der Waals surface area contributed by atoms with Gasteiger partial charge in [-0.2, -0.15) is 0 Å². The number of hydrogen-bond donors (Lipinski definition) is 3. The molecule has 0 unspecified atom stereocenters. The molecule has 0 atom stereocenters. The molecule has 37 heavy (non-hydrogen) atoms. The number of H-pyrrole nitrogens is 1. The SMILES string of the molecule is Cc1cc(CNC2CCCC2)ccc1NC1=C(C(=O)C2CCC2)C(=O)/C(=C/c2c[nH]c3ncccc23)O1. The number of ether oxygens (including phenoxy) is 1. The minimum absolute atomic E-state index is 0.110.